The van der Waals surface area contributed by atoms with Crippen LogP contribution in [0.5, 0.6) is 0 Å². The lowest BCUT2D eigenvalue weighted by molar-refractivity contribution is -0.145. The second-order valence-electron chi connectivity index (χ2n) is 5.11. The van der Waals surface area contributed by atoms with Gasteiger partial charge in [0.05, 0.1) is 12.0 Å². The van der Waals surface area contributed by atoms with Gasteiger partial charge in [-0.15, -0.1) is 23.1 Å². The van der Waals surface area contributed by atoms with E-state index in [-0.39, 0.29) is 34.4 Å². The second kappa shape index (κ2) is 5.77. The zero-order valence-electron chi connectivity index (χ0n) is 11.7. The van der Waals surface area contributed by atoms with Crippen LogP contribution in [0.25, 0.3) is 0 Å². The van der Waals surface area contributed by atoms with Crippen LogP contribution in [0.1, 0.15) is 11.8 Å². The number of hydrogen-bond donors (Lipinski definition) is 2. The van der Waals surface area contributed by atoms with Crippen molar-refractivity contribution < 1.29 is 19.5 Å². The maximum atomic E-state index is 12.1. The van der Waals surface area contributed by atoms with Gasteiger partial charge in [0.25, 0.3) is 5.91 Å². The highest BCUT2D eigenvalue weighted by atomic mass is 32.2. The Morgan fingerprint density at radius 2 is 2.23 bits per heavy atom. The number of amides is 2. The third-order valence-corrected chi connectivity index (χ3v) is 5.93. The van der Waals surface area contributed by atoms with Gasteiger partial charge in [0.15, 0.2) is 0 Å². The fourth-order valence-corrected chi connectivity index (χ4v) is 4.53. The van der Waals surface area contributed by atoms with Gasteiger partial charge < -0.3 is 15.3 Å². The van der Waals surface area contributed by atoms with Crippen molar-refractivity contribution >= 4 is 40.9 Å². The van der Waals surface area contributed by atoms with Crippen LogP contribution in [0.3, 0.4) is 0 Å². The van der Waals surface area contributed by atoms with E-state index < -0.39 is 12.0 Å². The number of carboxylic acid groups (broad SMARTS) is 1. The van der Waals surface area contributed by atoms with Gasteiger partial charge in [0.1, 0.15) is 11.4 Å². The quantitative estimate of drug-likeness (QED) is 0.801. The summed E-state index contributed by atoms with van der Waals surface area (Å²) in [5.74, 6) is -1.47. The molecular weight excluding hydrogens is 324 g/mol. The van der Waals surface area contributed by atoms with E-state index in [9.17, 15) is 14.4 Å². The fourth-order valence-electron chi connectivity index (χ4n) is 2.46. The molecule has 0 bridgehead atoms. The molecule has 2 aliphatic heterocycles. The minimum Gasteiger partial charge on any atom is -0.478 e. The highest BCUT2D eigenvalue weighted by Crippen LogP contribution is 2.40. The summed E-state index contributed by atoms with van der Waals surface area (Å²) in [7, 11) is 0. The molecule has 2 N–H and O–H groups in total. The van der Waals surface area contributed by atoms with Crippen LogP contribution in [-0.4, -0.2) is 44.5 Å². The van der Waals surface area contributed by atoms with Crippen molar-refractivity contribution in [2.75, 3.05) is 0 Å². The van der Waals surface area contributed by atoms with E-state index in [0.717, 1.165) is 4.88 Å². The summed E-state index contributed by atoms with van der Waals surface area (Å²) in [5.41, 5.74) is 0.206. The van der Waals surface area contributed by atoms with Crippen LogP contribution in [0, 0.1) is 0 Å². The summed E-state index contributed by atoms with van der Waals surface area (Å²) in [4.78, 5) is 37.5. The van der Waals surface area contributed by atoms with Crippen LogP contribution in [0.2, 0.25) is 0 Å². The average Bonchev–Trinajstić information content (AvgIpc) is 2.96. The Kier molecular flexibility index (Phi) is 3.96. The predicted molar refractivity (Wildman–Crippen MR) is 83.4 cm³/mol. The number of aliphatic carboxylic acids is 1. The molecule has 0 saturated carbocycles. The number of thiophene rings is 1. The lowest BCUT2D eigenvalue weighted by Crippen LogP contribution is -2.69. The molecule has 0 spiro atoms. The molecule has 6 nitrogen and oxygen atoms in total. The first kappa shape index (κ1) is 15.1. The Labute approximate surface area is 135 Å². The number of fused-ring (bicyclic) bond motifs is 1. The predicted octanol–water partition coefficient (Wildman–Crippen LogP) is 1.05. The summed E-state index contributed by atoms with van der Waals surface area (Å²) < 4.78 is 0. The van der Waals surface area contributed by atoms with Crippen LogP contribution >= 0.6 is 23.1 Å². The molecule has 1 saturated heterocycles. The van der Waals surface area contributed by atoms with Gasteiger partial charge in [0.2, 0.25) is 5.91 Å². The van der Waals surface area contributed by atoms with E-state index in [2.05, 4.69) is 5.32 Å². The first-order valence-electron chi connectivity index (χ1n) is 6.72. The van der Waals surface area contributed by atoms with Crippen LogP contribution < -0.4 is 5.32 Å². The van der Waals surface area contributed by atoms with Crippen molar-refractivity contribution in [1.29, 1.82) is 0 Å². The number of carbonyl (C=O) groups is 3. The molecule has 1 aromatic heterocycles. The first-order valence-corrected chi connectivity index (χ1v) is 8.54. The molecule has 3 atom stereocenters. The molecule has 22 heavy (non-hydrogen) atoms. The van der Waals surface area contributed by atoms with Gasteiger partial charge in [0, 0.05) is 16.3 Å². The van der Waals surface area contributed by atoms with Gasteiger partial charge in [-0.3, -0.25) is 9.59 Å². The maximum absolute atomic E-state index is 12.1. The molecule has 2 unspecified atom stereocenters. The topological polar surface area (TPSA) is 86.7 Å². The number of thioether (sulfide) groups is 1. The normalized spacial score (nSPS) is 26.8. The van der Waals surface area contributed by atoms with Crippen LogP contribution in [-0.2, 0) is 20.8 Å². The zero-order valence-corrected chi connectivity index (χ0v) is 13.3. The van der Waals surface area contributed by atoms with Crippen molar-refractivity contribution in [2.24, 2.45) is 0 Å². The minimum absolute atomic E-state index is 0.193. The molecule has 0 aliphatic carbocycles. The highest BCUT2D eigenvalue weighted by Gasteiger charge is 2.51. The largest absolute Gasteiger partial charge is 0.478 e. The fraction of sp³-hybridized carbons (Fsp3) is 0.357. The maximum Gasteiger partial charge on any atom is 0.334 e. The molecule has 2 amide bonds. The van der Waals surface area contributed by atoms with E-state index in [4.69, 9.17) is 5.11 Å². The van der Waals surface area contributed by atoms with E-state index >= 15 is 0 Å². The van der Waals surface area contributed by atoms with E-state index in [0.29, 0.717) is 0 Å². The molecule has 3 heterocycles. The SMILES string of the molecule is CC1S[C@@H]2C(NC(=O)Cc3cccs3)C(=O)N2C=C1C(=O)O. The highest BCUT2D eigenvalue weighted by molar-refractivity contribution is 8.00. The molecule has 0 aromatic carbocycles. The van der Waals surface area contributed by atoms with E-state index in [1.165, 1.54) is 34.2 Å². The van der Waals surface area contributed by atoms with Gasteiger partial charge in [-0.1, -0.05) is 6.07 Å². The number of nitrogens with one attached hydrogen (secondary N) is 1. The molecule has 0 radical (unpaired) electrons. The summed E-state index contributed by atoms with van der Waals surface area (Å²) in [6, 6.07) is 3.17. The third kappa shape index (κ3) is 2.64. The van der Waals surface area contributed by atoms with E-state index in [1.807, 2.05) is 17.5 Å². The second-order valence-corrected chi connectivity index (χ2v) is 7.60. The molecule has 1 aromatic rings. The number of nitrogens with zero attached hydrogens (tertiary/aromatic N) is 1. The molecule has 8 heteroatoms. The average molecular weight is 338 g/mol. The molecule has 1 fully saturated rings. The Balaban J connectivity index is 1.65. The van der Waals surface area contributed by atoms with Gasteiger partial charge >= 0.3 is 5.97 Å². The monoisotopic (exact) mass is 338 g/mol. The lowest BCUT2D eigenvalue weighted by atomic mass is 10.1. The number of carboxylic acids is 1. The number of rotatable bonds is 4. The summed E-state index contributed by atoms with van der Waals surface area (Å²) in [6.45, 7) is 1.79. The van der Waals surface area contributed by atoms with Crippen molar-refractivity contribution in [1.82, 2.24) is 10.2 Å². The Bertz CT molecular complexity index is 656. The molecule has 2 aliphatic rings. The van der Waals surface area contributed by atoms with Crippen LogP contribution in [0.4, 0.5) is 0 Å². The number of carbonyl (C=O) groups excluding carboxylic acids is 2. The molecular formula is C14H14N2O4S2. The summed E-state index contributed by atoms with van der Waals surface area (Å²) in [5, 5.41) is 13.3. The molecule has 3 rings (SSSR count). The number of β-lactam (4-membered cyclic amide) rings is 1. The van der Waals surface area contributed by atoms with Crippen molar-refractivity contribution in [3.8, 4) is 0 Å². The van der Waals surface area contributed by atoms with Crippen molar-refractivity contribution in [3.05, 3.63) is 34.2 Å². The smallest absolute Gasteiger partial charge is 0.334 e. The Morgan fingerprint density at radius 1 is 1.45 bits per heavy atom. The first-order chi connectivity index (χ1) is 10.5. The van der Waals surface area contributed by atoms with Gasteiger partial charge in [-0.2, -0.15) is 0 Å². The van der Waals surface area contributed by atoms with Gasteiger partial charge in [-0.25, -0.2) is 4.79 Å². The van der Waals surface area contributed by atoms with Crippen molar-refractivity contribution in [3.63, 3.8) is 0 Å². The lowest BCUT2D eigenvalue weighted by Gasteiger charge is -2.48. The standard InChI is InChI=1S/C14H14N2O4S2/c1-7-9(14(19)20)6-16-12(18)11(13(16)22-7)15-10(17)5-8-3-2-4-21-8/h2-4,6-7,11,13H,5H2,1H3,(H,15,17)(H,19,20)/t7?,11?,13-/m1/s1. The molecule has 116 valence electrons. The Morgan fingerprint density at radius 3 is 2.86 bits per heavy atom. The third-order valence-electron chi connectivity index (χ3n) is 3.62. The minimum atomic E-state index is -1.02. The van der Waals surface area contributed by atoms with E-state index in [1.54, 1.807) is 6.92 Å². The zero-order chi connectivity index (χ0) is 15.9. The summed E-state index contributed by atoms with van der Waals surface area (Å²) in [6.07, 6.45) is 1.64. The summed E-state index contributed by atoms with van der Waals surface area (Å²) >= 11 is 2.87. The van der Waals surface area contributed by atoms with Crippen LogP contribution in [0.15, 0.2) is 29.3 Å². The van der Waals surface area contributed by atoms with Crippen molar-refractivity contribution in [2.45, 2.75) is 30.0 Å². The van der Waals surface area contributed by atoms with Gasteiger partial charge in [-0.05, 0) is 18.4 Å². The Hall–Kier alpha value is -1.80. The number of hydrogen-bond acceptors (Lipinski definition) is 5.